The van der Waals surface area contributed by atoms with E-state index >= 15 is 0 Å². The summed E-state index contributed by atoms with van der Waals surface area (Å²) in [6.45, 7) is 6.22. The van der Waals surface area contributed by atoms with E-state index in [0.29, 0.717) is 0 Å². The third-order valence-corrected chi connectivity index (χ3v) is 3.28. The molecule has 1 unspecified atom stereocenters. The van der Waals surface area contributed by atoms with E-state index in [9.17, 15) is 0 Å². The van der Waals surface area contributed by atoms with E-state index in [4.69, 9.17) is 4.74 Å². The Morgan fingerprint density at radius 2 is 1.84 bits per heavy atom. The normalized spacial score (nSPS) is 12.5. The quantitative estimate of drug-likeness (QED) is 0.809. The van der Waals surface area contributed by atoms with Crippen molar-refractivity contribution in [3.63, 3.8) is 0 Å². The lowest BCUT2D eigenvalue weighted by molar-refractivity contribution is 0.189. The molecular weight excluding hydrogens is 234 g/mol. The molecule has 1 atom stereocenters. The lowest BCUT2D eigenvalue weighted by Crippen LogP contribution is -2.31. The molecule has 0 spiro atoms. The predicted octanol–water partition coefficient (Wildman–Crippen LogP) is 4.00. The van der Waals surface area contributed by atoms with E-state index in [-0.39, 0.29) is 6.10 Å². The van der Waals surface area contributed by atoms with Crippen LogP contribution in [0.25, 0.3) is 10.8 Å². The lowest BCUT2D eigenvalue weighted by Gasteiger charge is -2.20. The van der Waals surface area contributed by atoms with Gasteiger partial charge in [0.1, 0.15) is 11.9 Å². The molecule has 0 aliphatic carbocycles. The number of rotatable bonds is 7. The number of ether oxygens (including phenoxy) is 1. The van der Waals surface area contributed by atoms with Crippen LogP contribution >= 0.6 is 0 Å². The van der Waals surface area contributed by atoms with Crippen LogP contribution in [0.4, 0.5) is 0 Å². The molecule has 0 heterocycles. The minimum Gasteiger partial charge on any atom is -0.488 e. The van der Waals surface area contributed by atoms with Crippen molar-refractivity contribution in [3.8, 4) is 5.75 Å². The van der Waals surface area contributed by atoms with Crippen molar-refractivity contribution in [1.82, 2.24) is 5.32 Å². The molecule has 0 saturated heterocycles. The van der Waals surface area contributed by atoms with Crippen molar-refractivity contribution in [2.75, 3.05) is 13.1 Å². The SMILES string of the molecule is CCCC(CNCC)Oc1cccc2ccccc12. The molecule has 1 N–H and O–H groups in total. The molecule has 0 fully saturated rings. The average molecular weight is 257 g/mol. The maximum Gasteiger partial charge on any atom is 0.127 e. The Hall–Kier alpha value is -1.54. The van der Waals surface area contributed by atoms with Crippen LogP contribution in [0.2, 0.25) is 0 Å². The first-order valence-electron chi connectivity index (χ1n) is 7.20. The molecule has 19 heavy (non-hydrogen) atoms. The number of benzene rings is 2. The molecule has 2 aromatic rings. The second kappa shape index (κ2) is 7.15. The summed E-state index contributed by atoms with van der Waals surface area (Å²) in [5, 5.41) is 5.81. The van der Waals surface area contributed by atoms with Crippen molar-refractivity contribution in [3.05, 3.63) is 42.5 Å². The minimum absolute atomic E-state index is 0.246. The average Bonchev–Trinajstić information content (AvgIpc) is 2.45. The van der Waals surface area contributed by atoms with Gasteiger partial charge < -0.3 is 10.1 Å². The van der Waals surface area contributed by atoms with E-state index < -0.39 is 0 Å². The van der Waals surface area contributed by atoms with Crippen LogP contribution in [0.15, 0.2) is 42.5 Å². The Kier molecular flexibility index (Phi) is 5.22. The lowest BCUT2D eigenvalue weighted by atomic mass is 10.1. The third-order valence-electron chi connectivity index (χ3n) is 3.28. The van der Waals surface area contributed by atoms with E-state index in [1.165, 1.54) is 10.8 Å². The van der Waals surface area contributed by atoms with Gasteiger partial charge in [-0.1, -0.05) is 56.7 Å². The zero-order valence-corrected chi connectivity index (χ0v) is 11.9. The summed E-state index contributed by atoms with van der Waals surface area (Å²) >= 11 is 0. The van der Waals surface area contributed by atoms with Crippen molar-refractivity contribution >= 4 is 10.8 Å². The summed E-state index contributed by atoms with van der Waals surface area (Å²) in [5.74, 6) is 0.995. The van der Waals surface area contributed by atoms with Gasteiger partial charge in [0.25, 0.3) is 0 Å². The standard InChI is InChI=1S/C17H23NO/c1-3-8-15(13-18-4-2)19-17-12-7-10-14-9-5-6-11-16(14)17/h5-7,9-12,15,18H,3-4,8,13H2,1-2H3. The fourth-order valence-electron chi connectivity index (χ4n) is 2.31. The van der Waals surface area contributed by atoms with Crippen LogP contribution in [-0.2, 0) is 0 Å². The molecule has 0 bridgehead atoms. The monoisotopic (exact) mass is 257 g/mol. The number of likely N-dealkylation sites (N-methyl/N-ethyl adjacent to an activating group) is 1. The van der Waals surface area contributed by atoms with Gasteiger partial charge in [-0.05, 0) is 24.4 Å². The second-order valence-corrected chi connectivity index (χ2v) is 4.81. The van der Waals surface area contributed by atoms with Crippen molar-refractivity contribution in [1.29, 1.82) is 0 Å². The first kappa shape index (κ1) is 13.9. The van der Waals surface area contributed by atoms with E-state index in [1.807, 2.05) is 0 Å². The van der Waals surface area contributed by atoms with Crippen LogP contribution in [0.5, 0.6) is 5.75 Å². The number of hydrogen-bond acceptors (Lipinski definition) is 2. The Balaban J connectivity index is 2.18. The predicted molar refractivity (Wildman–Crippen MR) is 81.8 cm³/mol. The highest BCUT2D eigenvalue weighted by Gasteiger charge is 2.10. The van der Waals surface area contributed by atoms with Crippen LogP contribution in [0, 0.1) is 0 Å². The van der Waals surface area contributed by atoms with Crippen molar-refractivity contribution in [2.45, 2.75) is 32.8 Å². The zero-order valence-electron chi connectivity index (χ0n) is 11.9. The Morgan fingerprint density at radius 1 is 1.05 bits per heavy atom. The molecule has 0 aliphatic rings. The van der Waals surface area contributed by atoms with Gasteiger partial charge in [-0.2, -0.15) is 0 Å². The summed E-state index contributed by atoms with van der Waals surface area (Å²) in [7, 11) is 0. The first-order valence-corrected chi connectivity index (χ1v) is 7.20. The smallest absolute Gasteiger partial charge is 0.127 e. The Bertz CT molecular complexity index is 504. The van der Waals surface area contributed by atoms with Gasteiger partial charge >= 0.3 is 0 Å². The molecular formula is C17H23NO. The zero-order chi connectivity index (χ0) is 13.5. The topological polar surface area (TPSA) is 21.3 Å². The summed E-state index contributed by atoms with van der Waals surface area (Å²) < 4.78 is 6.21. The van der Waals surface area contributed by atoms with Gasteiger partial charge in [0.05, 0.1) is 0 Å². The summed E-state index contributed by atoms with van der Waals surface area (Å²) in [4.78, 5) is 0. The largest absolute Gasteiger partial charge is 0.488 e. The van der Waals surface area contributed by atoms with E-state index in [1.54, 1.807) is 0 Å². The van der Waals surface area contributed by atoms with Gasteiger partial charge in [0.15, 0.2) is 0 Å². The van der Waals surface area contributed by atoms with Gasteiger partial charge in [-0.15, -0.1) is 0 Å². The summed E-state index contributed by atoms with van der Waals surface area (Å²) in [5.41, 5.74) is 0. The van der Waals surface area contributed by atoms with Crippen LogP contribution in [0.3, 0.4) is 0 Å². The summed E-state index contributed by atoms with van der Waals surface area (Å²) in [6, 6.07) is 14.6. The van der Waals surface area contributed by atoms with Crippen LogP contribution in [-0.4, -0.2) is 19.2 Å². The van der Waals surface area contributed by atoms with Crippen LogP contribution < -0.4 is 10.1 Å². The Morgan fingerprint density at radius 3 is 2.63 bits per heavy atom. The molecule has 2 heteroatoms. The van der Waals surface area contributed by atoms with Gasteiger partial charge in [0.2, 0.25) is 0 Å². The van der Waals surface area contributed by atoms with Gasteiger partial charge in [-0.25, -0.2) is 0 Å². The molecule has 2 aromatic carbocycles. The Labute approximate surface area is 115 Å². The van der Waals surface area contributed by atoms with E-state index in [0.717, 1.165) is 31.7 Å². The van der Waals surface area contributed by atoms with E-state index in [2.05, 4.69) is 61.6 Å². The molecule has 0 aromatic heterocycles. The highest BCUT2D eigenvalue weighted by atomic mass is 16.5. The fourth-order valence-corrected chi connectivity index (χ4v) is 2.31. The highest BCUT2D eigenvalue weighted by Crippen LogP contribution is 2.26. The molecule has 0 radical (unpaired) electrons. The molecule has 102 valence electrons. The summed E-state index contributed by atoms with van der Waals surface area (Å²) in [6.07, 6.45) is 2.47. The molecule has 2 rings (SSSR count). The van der Waals surface area contributed by atoms with Crippen LogP contribution in [0.1, 0.15) is 26.7 Å². The molecule has 0 saturated carbocycles. The second-order valence-electron chi connectivity index (χ2n) is 4.81. The highest BCUT2D eigenvalue weighted by molar-refractivity contribution is 5.88. The first-order chi connectivity index (χ1) is 9.35. The van der Waals surface area contributed by atoms with Crippen molar-refractivity contribution in [2.24, 2.45) is 0 Å². The fraction of sp³-hybridized carbons (Fsp3) is 0.412. The maximum atomic E-state index is 6.21. The molecule has 0 amide bonds. The number of hydrogen-bond donors (Lipinski definition) is 1. The van der Waals surface area contributed by atoms with Gasteiger partial charge in [-0.3, -0.25) is 0 Å². The minimum atomic E-state index is 0.246. The third kappa shape index (κ3) is 3.71. The van der Waals surface area contributed by atoms with Gasteiger partial charge in [0, 0.05) is 11.9 Å². The van der Waals surface area contributed by atoms with Crippen molar-refractivity contribution < 1.29 is 4.74 Å². The maximum absolute atomic E-state index is 6.21. The number of nitrogens with one attached hydrogen (secondary N) is 1. The number of fused-ring (bicyclic) bond motifs is 1. The molecule has 2 nitrogen and oxygen atoms in total. The molecule has 0 aliphatic heterocycles.